The molecule has 5 rings (SSSR count). The molecule has 3 N–H and O–H groups in total. The van der Waals surface area contributed by atoms with Gasteiger partial charge >= 0.3 is 5.97 Å². The number of amides is 2. The number of fused-ring (bicyclic) bond motifs is 2. The van der Waals surface area contributed by atoms with E-state index in [2.05, 4.69) is 0 Å². The van der Waals surface area contributed by atoms with Crippen LogP contribution in [0.3, 0.4) is 0 Å². The Hall–Kier alpha value is -4.35. The van der Waals surface area contributed by atoms with Gasteiger partial charge in [0.1, 0.15) is 6.54 Å². The lowest BCUT2D eigenvalue weighted by molar-refractivity contribution is -0.437. The van der Waals surface area contributed by atoms with Gasteiger partial charge in [0.2, 0.25) is 5.69 Å². The maximum Gasteiger partial charge on any atom is 0.333 e. The molecule has 0 radical (unpaired) electrons. The molecule has 21 heteroatoms. The molecule has 1 saturated heterocycles. The van der Waals surface area contributed by atoms with Crippen LogP contribution >= 0.6 is 0 Å². The average Bonchev–Trinajstić information content (AvgIpc) is 3.71. The van der Waals surface area contributed by atoms with E-state index in [0.29, 0.717) is 71.9 Å². The van der Waals surface area contributed by atoms with Gasteiger partial charge in [-0.3, -0.25) is 23.2 Å². The average molecular weight is 911 g/mol. The molecule has 3 aliphatic rings. The number of nitrogens with zero attached hydrogens (tertiary/aromatic N) is 3. The Balaban J connectivity index is 1.55. The van der Waals surface area contributed by atoms with Crippen LogP contribution in [0.4, 0.5) is 11.4 Å². The summed E-state index contributed by atoms with van der Waals surface area (Å²) in [4.78, 5) is 42.6. The Morgan fingerprint density at radius 1 is 0.803 bits per heavy atom. The molecule has 2 aromatic rings. The number of methoxy groups -OCH3 is 2. The molecule has 3 heterocycles. The summed E-state index contributed by atoms with van der Waals surface area (Å²) in [5.41, 5.74) is 1.94. The number of carbonyl (C=O) groups is 3. The number of carbonyl (C=O) groups excluding carboxylic acids is 3. The lowest BCUT2D eigenvalue weighted by atomic mass is 9.76. The van der Waals surface area contributed by atoms with Crippen molar-refractivity contribution in [2.45, 2.75) is 92.3 Å². The van der Waals surface area contributed by atoms with Crippen LogP contribution in [0.1, 0.15) is 82.8 Å². The minimum absolute atomic E-state index is 0.0115. The van der Waals surface area contributed by atoms with E-state index in [4.69, 9.17) is 14.3 Å². The van der Waals surface area contributed by atoms with Crippen molar-refractivity contribution in [2.24, 2.45) is 0 Å². The number of hydroxylamine groups is 2. The minimum atomic E-state index is -4.60. The summed E-state index contributed by atoms with van der Waals surface area (Å²) in [6.45, 7) is 4.81. The van der Waals surface area contributed by atoms with Gasteiger partial charge in [0.25, 0.3) is 42.2 Å². The smallest absolute Gasteiger partial charge is 0.333 e. The third-order valence-corrected chi connectivity index (χ3v) is 13.9. The van der Waals surface area contributed by atoms with E-state index in [1.165, 1.54) is 44.6 Å². The van der Waals surface area contributed by atoms with Gasteiger partial charge in [-0.15, -0.1) is 5.06 Å². The molecule has 0 spiro atoms. The van der Waals surface area contributed by atoms with Crippen molar-refractivity contribution in [1.29, 1.82) is 0 Å². The summed E-state index contributed by atoms with van der Waals surface area (Å²) >= 11 is 0. The zero-order valence-electron chi connectivity index (χ0n) is 34.4. The molecule has 0 bridgehead atoms. The fourth-order valence-corrected chi connectivity index (χ4v) is 9.67. The number of rotatable bonds is 21. The largest absolute Gasteiger partial charge is 0.385 e. The molecular weight excluding hydrogens is 859 g/mol. The molecule has 2 amide bonds. The van der Waals surface area contributed by atoms with Gasteiger partial charge in [0.15, 0.2) is 5.71 Å². The SMILES string of the molecule is COCCC1(C)C(=CC=CC2=[N+](CCCS(=O)(=O)O)c3ccc(S(=O)(=O)O)cc3C2(C)CCOC)N(CCCCCC(=O)ON2C(=O)CCC2=O)c2ccc(S(=O)(=O)O)cc21. The van der Waals surface area contributed by atoms with Crippen molar-refractivity contribution >= 4 is 65.2 Å². The van der Waals surface area contributed by atoms with Crippen molar-refractivity contribution in [2.75, 3.05) is 51.2 Å². The Morgan fingerprint density at radius 2 is 1.39 bits per heavy atom. The second-order valence-corrected chi connectivity index (χ2v) is 20.0. The molecule has 1 fully saturated rings. The second-order valence-electron chi connectivity index (χ2n) is 15.6. The van der Waals surface area contributed by atoms with Gasteiger partial charge < -0.3 is 19.2 Å². The maximum atomic E-state index is 12.4. The summed E-state index contributed by atoms with van der Waals surface area (Å²) < 4.78 is 115. The first-order chi connectivity index (χ1) is 28.5. The van der Waals surface area contributed by atoms with Crippen molar-refractivity contribution in [3.8, 4) is 0 Å². The van der Waals surface area contributed by atoms with Crippen molar-refractivity contribution < 1.29 is 72.2 Å². The fourth-order valence-electron chi connectivity index (χ4n) is 8.16. The van der Waals surface area contributed by atoms with Crippen LogP contribution in [0.15, 0.2) is 70.1 Å². The Morgan fingerprint density at radius 3 is 1.98 bits per heavy atom. The van der Waals surface area contributed by atoms with Gasteiger partial charge in [0.05, 0.1) is 21.0 Å². The highest BCUT2D eigenvalue weighted by Gasteiger charge is 2.48. The zero-order valence-corrected chi connectivity index (χ0v) is 36.9. The van der Waals surface area contributed by atoms with Crippen LogP contribution in [0.5, 0.6) is 0 Å². The predicted octanol–water partition coefficient (Wildman–Crippen LogP) is 4.27. The topological polar surface area (TPSA) is 251 Å². The fraction of sp³-hybridized carbons (Fsp3) is 0.500. The molecular formula is C40H52N3O15S3+. The second kappa shape index (κ2) is 19.0. The number of unbranched alkanes of at least 4 members (excludes halogenated alkanes) is 2. The molecule has 2 atom stereocenters. The quantitative estimate of drug-likeness (QED) is 0.0684. The van der Waals surface area contributed by atoms with E-state index in [-0.39, 0.29) is 55.2 Å². The summed E-state index contributed by atoms with van der Waals surface area (Å²) in [7, 11) is -10.4. The normalized spacial score (nSPS) is 21.3. The molecule has 61 heavy (non-hydrogen) atoms. The molecule has 0 saturated carbocycles. The molecule has 2 aromatic carbocycles. The lowest BCUT2D eigenvalue weighted by Gasteiger charge is -2.30. The lowest BCUT2D eigenvalue weighted by Crippen LogP contribution is -2.33. The number of hydrogen-bond donors (Lipinski definition) is 3. The number of allylic oxidation sites excluding steroid dienone is 4. The number of anilines is 1. The van der Waals surface area contributed by atoms with Crippen LogP contribution in [-0.2, 0) is 69.9 Å². The van der Waals surface area contributed by atoms with E-state index in [1.807, 2.05) is 35.5 Å². The van der Waals surface area contributed by atoms with E-state index in [9.17, 15) is 53.3 Å². The maximum absolute atomic E-state index is 12.4. The van der Waals surface area contributed by atoms with E-state index >= 15 is 0 Å². The van der Waals surface area contributed by atoms with Gasteiger partial charge in [0, 0.05) is 94.2 Å². The summed E-state index contributed by atoms with van der Waals surface area (Å²) in [6.07, 6.45) is 7.56. The minimum Gasteiger partial charge on any atom is -0.385 e. The Bertz CT molecular complexity index is 2470. The van der Waals surface area contributed by atoms with Gasteiger partial charge in [-0.1, -0.05) is 12.5 Å². The first-order valence-electron chi connectivity index (χ1n) is 19.6. The Labute approximate surface area is 356 Å². The number of hydrogen-bond acceptors (Lipinski definition) is 13. The highest BCUT2D eigenvalue weighted by Crippen LogP contribution is 2.51. The predicted molar refractivity (Wildman–Crippen MR) is 221 cm³/mol. The van der Waals surface area contributed by atoms with Gasteiger partial charge in [-0.2, -0.15) is 29.8 Å². The standard InChI is InChI=1S/C40H51N3O15S3/c1-39(19-23-56-3)30-26-28(60(50,51)52)13-15-32(30)41(21-7-5-6-12-38(46)58-43-36(44)17-18-37(43)45)34(39)10-8-11-35-40(2,20-24-57-4)31-27-29(61(53,54)55)14-16-33(31)42(35)22-9-25-59(47,48)49/h8,10-11,13-16,26-27H,5-7,9,12,17-25H2,1-4H3,(H2-,47,48,49,50,51,52,53,54,55)/p+1. The highest BCUT2D eigenvalue weighted by molar-refractivity contribution is 7.86. The van der Waals surface area contributed by atoms with Crippen LogP contribution in [-0.4, -0.2) is 118 Å². The van der Waals surface area contributed by atoms with Gasteiger partial charge in [-0.25, -0.2) is 4.79 Å². The molecule has 0 aromatic heterocycles. The molecule has 334 valence electrons. The third-order valence-electron chi connectivity index (χ3n) is 11.4. The number of ether oxygens (including phenoxy) is 2. The number of imide groups is 1. The first kappa shape index (κ1) is 47.7. The molecule has 3 aliphatic heterocycles. The highest BCUT2D eigenvalue weighted by atomic mass is 32.2. The summed E-state index contributed by atoms with van der Waals surface area (Å²) in [6, 6.07) is 8.52. The zero-order chi connectivity index (χ0) is 45.0. The third kappa shape index (κ3) is 10.8. The van der Waals surface area contributed by atoms with E-state index in [1.54, 1.807) is 12.1 Å². The molecule has 0 aliphatic carbocycles. The van der Waals surface area contributed by atoms with E-state index in [0.717, 1.165) is 5.70 Å². The summed E-state index contributed by atoms with van der Waals surface area (Å²) in [5.74, 6) is -2.39. The van der Waals surface area contributed by atoms with Crippen LogP contribution in [0.25, 0.3) is 0 Å². The number of benzene rings is 2. The summed E-state index contributed by atoms with van der Waals surface area (Å²) in [5, 5.41) is 0.508. The van der Waals surface area contributed by atoms with Crippen LogP contribution in [0, 0.1) is 0 Å². The van der Waals surface area contributed by atoms with Crippen molar-refractivity contribution in [1.82, 2.24) is 5.06 Å². The van der Waals surface area contributed by atoms with Crippen LogP contribution < -0.4 is 4.90 Å². The van der Waals surface area contributed by atoms with Crippen LogP contribution in [0.2, 0.25) is 0 Å². The molecule has 18 nitrogen and oxygen atoms in total. The monoisotopic (exact) mass is 910 g/mol. The van der Waals surface area contributed by atoms with Crippen molar-refractivity contribution in [3.63, 3.8) is 0 Å². The van der Waals surface area contributed by atoms with Crippen molar-refractivity contribution in [3.05, 3.63) is 71.5 Å². The Kier molecular flexibility index (Phi) is 14.8. The molecule has 2 unspecified atom stereocenters. The van der Waals surface area contributed by atoms with Gasteiger partial charge in [-0.05, 0) is 81.5 Å². The first-order valence-corrected chi connectivity index (χ1v) is 24.1. The van der Waals surface area contributed by atoms with E-state index < -0.39 is 64.7 Å².